The van der Waals surface area contributed by atoms with Crippen LogP contribution in [0.5, 0.6) is 0 Å². The number of rotatable bonds is 5. The zero-order valence-corrected chi connectivity index (χ0v) is 13.2. The van der Waals surface area contributed by atoms with Crippen molar-refractivity contribution in [1.29, 1.82) is 0 Å². The van der Waals surface area contributed by atoms with E-state index in [0.29, 0.717) is 5.02 Å². The van der Waals surface area contributed by atoms with Gasteiger partial charge in [0.15, 0.2) is 0 Å². The van der Waals surface area contributed by atoms with E-state index in [1.807, 2.05) is 18.2 Å². The highest BCUT2D eigenvalue weighted by Gasteiger charge is 2.16. The molecule has 20 heavy (non-hydrogen) atoms. The van der Waals surface area contributed by atoms with Crippen LogP contribution in [0.3, 0.4) is 0 Å². The quantitative estimate of drug-likeness (QED) is 0.736. The van der Waals surface area contributed by atoms with Crippen molar-refractivity contribution in [2.24, 2.45) is 0 Å². The van der Waals surface area contributed by atoms with Gasteiger partial charge in [-0.2, -0.15) is 0 Å². The predicted molar refractivity (Wildman–Crippen MR) is 87.5 cm³/mol. The maximum absolute atomic E-state index is 6.31. The van der Waals surface area contributed by atoms with E-state index >= 15 is 0 Å². The zero-order chi connectivity index (χ0) is 14.5. The third-order valence-electron chi connectivity index (χ3n) is 3.50. The summed E-state index contributed by atoms with van der Waals surface area (Å²) in [4.78, 5) is 0. The molecule has 2 aromatic rings. The lowest BCUT2D eigenvalue weighted by atomic mass is 10.0. The summed E-state index contributed by atoms with van der Waals surface area (Å²) in [7, 11) is 0. The highest BCUT2D eigenvalue weighted by Crippen LogP contribution is 2.29. The SMILES string of the molecule is CCC(N[C@H](C)c1ccccc1)c1ccc(Cl)cc1Cl. The van der Waals surface area contributed by atoms with Crippen LogP contribution in [0.1, 0.15) is 43.5 Å². The molecule has 2 aromatic carbocycles. The van der Waals surface area contributed by atoms with Crippen LogP contribution in [0.25, 0.3) is 0 Å². The molecular formula is C17H19Cl2N. The second-order valence-electron chi connectivity index (χ2n) is 4.93. The van der Waals surface area contributed by atoms with Gasteiger partial charge in [0.2, 0.25) is 0 Å². The van der Waals surface area contributed by atoms with Crippen molar-refractivity contribution in [2.75, 3.05) is 0 Å². The van der Waals surface area contributed by atoms with Gasteiger partial charge in [-0.25, -0.2) is 0 Å². The molecule has 0 fully saturated rings. The Kier molecular flexibility index (Phi) is 5.47. The van der Waals surface area contributed by atoms with Crippen molar-refractivity contribution in [3.8, 4) is 0 Å². The van der Waals surface area contributed by atoms with Crippen LogP contribution in [0.15, 0.2) is 48.5 Å². The van der Waals surface area contributed by atoms with Gasteiger partial charge in [-0.1, -0.05) is 66.5 Å². The highest BCUT2D eigenvalue weighted by molar-refractivity contribution is 6.35. The minimum atomic E-state index is 0.218. The fourth-order valence-electron chi connectivity index (χ4n) is 2.35. The van der Waals surface area contributed by atoms with Gasteiger partial charge in [-0.3, -0.25) is 0 Å². The van der Waals surface area contributed by atoms with Gasteiger partial charge in [-0.15, -0.1) is 0 Å². The molecule has 0 aliphatic rings. The van der Waals surface area contributed by atoms with Gasteiger partial charge in [0.25, 0.3) is 0 Å². The van der Waals surface area contributed by atoms with Crippen LogP contribution in [-0.4, -0.2) is 0 Å². The number of benzene rings is 2. The Balaban J connectivity index is 2.17. The summed E-state index contributed by atoms with van der Waals surface area (Å²) in [5, 5.41) is 5.02. The molecule has 0 heterocycles. The number of halogens is 2. The Hall–Kier alpha value is -1.02. The molecule has 0 bridgehead atoms. The second kappa shape index (κ2) is 7.12. The third kappa shape index (κ3) is 3.76. The van der Waals surface area contributed by atoms with E-state index in [1.54, 1.807) is 6.07 Å². The predicted octanol–water partition coefficient (Wildman–Crippen LogP) is 5.80. The lowest BCUT2D eigenvalue weighted by Gasteiger charge is -2.24. The average Bonchev–Trinajstić information content (AvgIpc) is 2.46. The molecule has 0 radical (unpaired) electrons. The molecule has 1 N–H and O–H groups in total. The van der Waals surface area contributed by atoms with E-state index in [2.05, 4.69) is 43.4 Å². The minimum Gasteiger partial charge on any atom is -0.303 e. The van der Waals surface area contributed by atoms with Gasteiger partial charge in [0.1, 0.15) is 0 Å². The zero-order valence-electron chi connectivity index (χ0n) is 11.7. The summed E-state index contributed by atoms with van der Waals surface area (Å²) in [6.07, 6.45) is 0.971. The Morgan fingerprint density at radius 3 is 2.35 bits per heavy atom. The minimum absolute atomic E-state index is 0.218. The Labute approximate surface area is 130 Å². The molecule has 0 saturated carbocycles. The Morgan fingerprint density at radius 2 is 1.75 bits per heavy atom. The molecule has 0 amide bonds. The van der Waals surface area contributed by atoms with Crippen molar-refractivity contribution < 1.29 is 0 Å². The molecule has 2 atom stereocenters. The Bertz CT molecular complexity index is 554. The Morgan fingerprint density at radius 1 is 1.05 bits per heavy atom. The summed E-state index contributed by atoms with van der Waals surface area (Å²) in [5.74, 6) is 0. The van der Waals surface area contributed by atoms with Crippen LogP contribution in [-0.2, 0) is 0 Å². The summed E-state index contributed by atoms with van der Waals surface area (Å²) < 4.78 is 0. The van der Waals surface area contributed by atoms with Crippen LogP contribution in [0, 0.1) is 0 Å². The lowest BCUT2D eigenvalue weighted by molar-refractivity contribution is 0.456. The van der Waals surface area contributed by atoms with Gasteiger partial charge in [0.05, 0.1) is 0 Å². The first-order valence-corrected chi connectivity index (χ1v) is 7.63. The van der Waals surface area contributed by atoms with Crippen molar-refractivity contribution in [3.05, 3.63) is 69.7 Å². The molecule has 0 spiro atoms. The molecule has 106 valence electrons. The third-order valence-corrected chi connectivity index (χ3v) is 4.06. The summed E-state index contributed by atoms with van der Waals surface area (Å²) >= 11 is 12.3. The average molecular weight is 308 g/mol. The molecule has 1 nitrogen and oxygen atoms in total. The largest absolute Gasteiger partial charge is 0.303 e. The summed E-state index contributed by atoms with van der Waals surface area (Å²) in [5.41, 5.74) is 2.37. The van der Waals surface area contributed by atoms with E-state index < -0.39 is 0 Å². The standard InChI is InChI=1S/C17H19Cl2N/c1-3-17(15-10-9-14(18)11-16(15)19)20-12(2)13-7-5-4-6-8-13/h4-12,17,20H,3H2,1-2H3/t12-,17?/m1/s1. The van der Waals surface area contributed by atoms with Gasteiger partial charge in [-0.05, 0) is 36.6 Å². The molecule has 0 aliphatic carbocycles. The van der Waals surface area contributed by atoms with Gasteiger partial charge < -0.3 is 5.32 Å². The molecular weight excluding hydrogens is 289 g/mol. The maximum atomic E-state index is 6.31. The highest BCUT2D eigenvalue weighted by atomic mass is 35.5. The monoisotopic (exact) mass is 307 g/mol. The first kappa shape index (κ1) is 15.4. The van der Waals surface area contributed by atoms with Crippen LogP contribution >= 0.6 is 23.2 Å². The topological polar surface area (TPSA) is 12.0 Å². The normalized spacial score (nSPS) is 14.0. The first-order chi connectivity index (χ1) is 9.61. The number of nitrogens with one attached hydrogen (secondary N) is 1. The van der Waals surface area contributed by atoms with E-state index in [4.69, 9.17) is 23.2 Å². The molecule has 0 saturated heterocycles. The first-order valence-electron chi connectivity index (χ1n) is 6.87. The van der Waals surface area contributed by atoms with Crippen molar-refractivity contribution in [1.82, 2.24) is 5.32 Å². The van der Waals surface area contributed by atoms with Crippen molar-refractivity contribution in [2.45, 2.75) is 32.4 Å². The molecule has 0 aromatic heterocycles. The maximum Gasteiger partial charge on any atom is 0.0468 e. The van der Waals surface area contributed by atoms with E-state index in [-0.39, 0.29) is 12.1 Å². The van der Waals surface area contributed by atoms with E-state index in [9.17, 15) is 0 Å². The van der Waals surface area contributed by atoms with Crippen LogP contribution in [0.4, 0.5) is 0 Å². The van der Waals surface area contributed by atoms with Crippen molar-refractivity contribution >= 4 is 23.2 Å². The number of hydrogen-bond donors (Lipinski definition) is 1. The van der Waals surface area contributed by atoms with Crippen LogP contribution < -0.4 is 5.32 Å². The second-order valence-corrected chi connectivity index (χ2v) is 5.77. The van der Waals surface area contributed by atoms with Crippen molar-refractivity contribution in [3.63, 3.8) is 0 Å². The summed E-state index contributed by atoms with van der Waals surface area (Å²) in [6.45, 7) is 4.32. The molecule has 0 aliphatic heterocycles. The molecule has 2 rings (SSSR count). The van der Waals surface area contributed by atoms with Crippen LogP contribution in [0.2, 0.25) is 10.0 Å². The van der Waals surface area contributed by atoms with Gasteiger partial charge in [0, 0.05) is 22.1 Å². The van der Waals surface area contributed by atoms with E-state index in [1.165, 1.54) is 5.56 Å². The lowest BCUT2D eigenvalue weighted by Crippen LogP contribution is -2.24. The molecule has 3 heteroatoms. The number of hydrogen-bond acceptors (Lipinski definition) is 1. The summed E-state index contributed by atoms with van der Waals surface area (Å²) in [6, 6.07) is 16.6. The van der Waals surface area contributed by atoms with Gasteiger partial charge >= 0.3 is 0 Å². The fraction of sp³-hybridized carbons (Fsp3) is 0.294. The smallest absolute Gasteiger partial charge is 0.0468 e. The van der Waals surface area contributed by atoms with E-state index in [0.717, 1.165) is 17.0 Å². The molecule has 1 unspecified atom stereocenters. The fourth-order valence-corrected chi connectivity index (χ4v) is 2.89.